The highest BCUT2D eigenvalue weighted by Crippen LogP contribution is 2.41. The average molecular weight is 275 g/mol. The largest absolute Gasteiger partial charge is 0.497 e. The lowest BCUT2D eigenvalue weighted by atomic mass is 9.64. The molecule has 2 rings (SSSR count). The Morgan fingerprint density at radius 2 is 2.05 bits per heavy atom. The predicted octanol–water partition coefficient (Wildman–Crippen LogP) is 4.03. The number of methoxy groups -OCH3 is 1. The van der Waals surface area contributed by atoms with Gasteiger partial charge in [-0.3, -0.25) is 0 Å². The van der Waals surface area contributed by atoms with E-state index in [1.54, 1.807) is 7.11 Å². The van der Waals surface area contributed by atoms with Crippen LogP contribution in [0.15, 0.2) is 24.3 Å². The van der Waals surface area contributed by atoms with E-state index in [9.17, 15) is 0 Å². The van der Waals surface area contributed by atoms with Gasteiger partial charge in [-0.05, 0) is 54.2 Å². The molecular formula is C18H29NO. The topological polar surface area (TPSA) is 35.2 Å². The third kappa shape index (κ3) is 3.54. The highest BCUT2D eigenvalue weighted by Gasteiger charge is 2.37. The fourth-order valence-corrected chi connectivity index (χ4v) is 3.83. The molecule has 3 atom stereocenters. The Balaban J connectivity index is 2.09. The second-order valence-corrected chi connectivity index (χ2v) is 7.21. The summed E-state index contributed by atoms with van der Waals surface area (Å²) in [4.78, 5) is 0. The molecule has 1 aliphatic rings. The molecule has 0 bridgehead atoms. The van der Waals surface area contributed by atoms with E-state index in [0.717, 1.165) is 18.1 Å². The van der Waals surface area contributed by atoms with E-state index >= 15 is 0 Å². The van der Waals surface area contributed by atoms with Gasteiger partial charge in [-0.1, -0.05) is 39.3 Å². The van der Waals surface area contributed by atoms with E-state index in [-0.39, 0.29) is 5.41 Å². The zero-order valence-electron chi connectivity index (χ0n) is 13.4. The van der Waals surface area contributed by atoms with E-state index in [4.69, 9.17) is 10.5 Å². The molecule has 2 heteroatoms. The number of rotatable bonds is 4. The Labute approximate surface area is 123 Å². The molecule has 0 saturated heterocycles. The van der Waals surface area contributed by atoms with Crippen molar-refractivity contribution in [2.24, 2.45) is 23.0 Å². The van der Waals surface area contributed by atoms with Gasteiger partial charge in [0.1, 0.15) is 5.75 Å². The maximum absolute atomic E-state index is 6.44. The van der Waals surface area contributed by atoms with Gasteiger partial charge in [-0.15, -0.1) is 0 Å². The number of hydrogen-bond donors (Lipinski definition) is 1. The lowest BCUT2D eigenvalue weighted by molar-refractivity contribution is 0.113. The molecular weight excluding hydrogens is 246 g/mol. The third-order valence-electron chi connectivity index (χ3n) is 4.96. The van der Waals surface area contributed by atoms with Crippen LogP contribution >= 0.6 is 0 Å². The molecule has 1 saturated carbocycles. The molecule has 2 N–H and O–H groups in total. The maximum Gasteiger partial charge on any atom is 0.119 e. The van der Waals surface area contributed by atoms with Crippen LogP contribution in [-0.4, -0.2) is 13.2 Å². The van der Waals surface area contributed by atoms with E-state index in [1.165, 1.54) is 24.8 Å². The maximum atomic E-state index is 6.44. The Bertz CT molecular complexity index is 441. The summed E-state index contributed by atoms with van der Waals surface area (Å²) in [6, 6.07) is 8.77. The summed E-state index contributed by atoms with van der Waals surface area (Å²) >= 11 is 0. The number of benzene rings is 1. The van der Waals surface area contributed by atoms with E-state index in [0.29, 0.717) is 12.0 Å². The van der Waals surface area contributed by atoms with Crippen molar-refractivity contribution in [3.8, 4) is 5.75 Å². The molecule has 1 aromatic carbocycles. The predicted molar refractivity (Wildman–Crippen MR) is 85.0 cm³/mol. The monoisotopic (exact) mass is 275 g/mol. The van der Waals surface area contributed by atoms with Gasteiger partial charge in [-0.25, -0.2) is 0 Å². The molecule has 1 aromatic rings. The Hall–Kier alpha value is -1.02. The summed E-state index contributed by atoms with van der Waals surface area (Å²) in [5.74, 6) is 2.35. The van der Waals surface area contributed by atoms with Crippen molar-refractivity contribution in [2.75, 3.05) is 7.11 Å². The van der Waals surface area contributed by atoms with Gasteiger partial charge in [0.25, 0.3) is 0 Å². The normalized spacial score (nSPS) is 27.4. The van der Waals surface area contributed by atoms with Crippen molar-refractivity contribution in [2.45, 2.75) is 52.5 Å². The van der Waals surface area contributed by atoms with Crippen LogP contribution in [0.5, 0.6) is 5.75 Å². The second-order valence-electron chi connectivity index (χ2n) is 7.21. The summed E-state index contributed by atoms with van der Waals surface area (Å²) in [5.41, 5.74) is 8.03. The van der Waals surface area contributed by atoms with Crippen molar-refractivity contribution in [1.29, 1.82) is 0 Å². The number of ether oxygens (including phenoxy) is 1. The van der Waals surface area contributed by atoms with Crippen LogP contribution < -0.4 is 10.5 Å². The highest BCUT2D eigenvalue weighted by molar-refractivity contribution is 5.29. The highest BCUT2D eigenvalue weighted by atomic mass is 16.5. The van der Waals surface area contributed by atoms with Crippen LogP contribution in [0.1, 0.15) is 45.6 Å². The van der Waals surface area contributed by atoms with Gasteiger partial charge in [0.15, 0.2) is 0 Å². The minimum atomic E-state index is 0.242. The first-order valence-electron chi connectivity index (χ1n) is 7.81. The SMILES string of the molecule is COc1cccc(CC(C)(C)C2CCC(C)CC2N)c1. The van der Waals surface area contributed by atoms with E-state index < -0.39 is 0 Å². The van der Waals surface area contributed by atoms with Gasteiger partial charge in [0.05, 0.1) is 7.11 Å². The molecule has 0 radical (unpaired) electrons. The Kier molecular flexibility index (Phi) is 4.74. The molecule has 0 spiro atoms. The smallest absolute Gasteiger partial charge is 0.119 e. The first kappa shape index (κ1) is 15.4. The van der Waals surface area contributed by atoms with Crippen molar-refractivity contribution in [1.82, 2.24) is 0 Å². The lowest BCUT2D eigenvalue weighted by Gasteiger charge is -2.43. The molecule has 0 aromatic heterocycles. The summed E-state index contributed by atoms with van der Waals surface area (Å²) in [6.07, 6.45) is 4.82. The summed E-state index contributed by atoms with van der Waals surface area (Å²) < 4.78 is 5.33. The van der Waals surface area contributed by atoms with E-state index in [2.05, 4.69) is 39.0 Å². The fraction of sp³-hybridized carbons (Fsp3) is 0.667. The van der Waals surface area contributed by atoms with Crippen molar-refractivity contribution in [3.63, 3.8) is 0 Å². The quantitative estimate of drug-likeness (QED) is 0.900. The Morgan fingerprint density at radius 3 is 2.70 bits per heavy atom. The Morgan fingerprint density at radius 1 is 1.30 bits per heavy atom. The standard InChI is InChI=1S/C18H29NO/c1-13-8-9-16(17(19)10-13)18(2,3)12-14-6-5-7-15(11-14)20-4/h5-7,11,13,16-17H,8-10,12,19H2,1-4H3. The zero-order valence-corrected chi connectivity index (χ0v) is 13.4. The van der Waals surface area contributed by atoms with Crippen LogP contribution in [0.4, 0.5) is 0 Å². The first-order chi connectivity index (χ1) is 9.42. The first-order valence-corrected chi connectivity index (χ1v) is 7.81. The summed E-state index contributed by atoms with van der Waals surface area (Å²) in [5, 5.41) is 0. The second kappa shape index (κ2) is 6.17. The van der Waals surface area contributed by atoms with Crippen LogP contribution in [-0.2, 0) is 6.42 Å². The molecule has 3 unspecified atom stereocenters. The van der Waals surface area contributed by atoms with Crippen molar-refractivity contribution >= 4 is 0 Å². The lowest BCUT2D eigenvalue weighted by Crippen LogP contribution is -2.44. The molecule has 2 nitrogen and oxygen atoms in total. The minimum absolute atomic E-state index is 0.242. The molecule has 0 aliphatic heterocycles. The molecule has 112 valence electrons. The van der Waals surface area contributed by atoms with E-state index in [1.807, 2.05) is 6.07 Å². The van der Waals surface area contributed by atoms with Gasteiger partial charge in [0.2, 0.25) is 0 Å². The van der Waals surface area contributed by atoms with Gasteiger partial charge in [-0.2, -0.15) is 0 Å². The van der Waals surface area contributed by atoms with Crippen LogP contribution in [0.25, 0.3) is 0 Å². The van der Waals surface area contributed by atoms with Crippen molar-refractivity contribution in [3.05, 3.63) is 29.8 Å². The van der Waals surface area contributed by atoms with Crippen LogP contribution in [0.2, 0.25) is 0 Å². The van der Waals surface area contributed by atoms with Gasteiger partial charge in [0, 0.05) is 6.04 Å². The summed E-state index contributed by atoms with van der Waals surface area (Å²) in [6.45, 7) is 7.06. The van der Waals surface area contributed by atoms with Crippen molar-refractivity contribution < 1.29 is 4.74 Å². The van der Waals surface area contributed by atoms with Crippen LogP contribution in [0, 0.1) is 17.3 Å². The van der Waals surface area contributed by atoms with Gasteiger partial charge < -0.3 is 10.5 Å². The number of nitrogens with two attached hydrogens (primary N) is 1. The summed E-state index contributed by atoms with van der Waals surface area (Å²) in [7, 11) is 1.72. The molecule has 0 amide bonds. The zero-order chi connectivity index (χ0) is 14.8. The van der Waals surface area contributed by atoms with Gasteiger partial charge >= 0.3 is 0 Å². The fourth-order valence-electron chi connectivity index (χ4n) is 3.83. The third-order valence-corrected chi connectivity index (χ3v) is 4.96. The molecule has 20 heavy (non-hydrogen) atoms. The molecule has 1 aliphatic carbocycles. The average Bonchev–Trinajstić information content (AvgIpc) is 2.37. The molecule has 1 fully saturated rings. The minimum Gasteiger partial charge on any atom is -0.497 e. The molecule has 0 heterocycles. The number of hydrogen-bond acceptors (Lipinski definition) is 2. The van der Waals surface area contributed by atoms with Crippen LogP contribution in [0.3, 0.4) is 0 Å².